The van der Waals surface area contributed by atoms with Crippen LogP contribution in [-0.2, 0) is 11.1 Å². The summed E-state index contributed by atoms with van der Waals surface area (Å²) in [5, 5.41) is 33.1. The van der Waals surface area contributed by atoms with Gasteiger partial charge in [0.1, 0.15) is 0 Å². The number of nitrogens with one attached hydrogen (secondary N) is 2. The molecule has 2 N–H and O–H groups in total. The summed E-state index contributed by atoms with van der Waals surface area (Å²) in [5.41, 5.74) is 6.22. The van der Waals surface area contributed by atoms with Crippen molar-refractivity contribution in [2.24, 2.45) is 0 Å². The summed E-state index contributed by atoms with van der Waals surface area (Å²) in [6, 6.07) is 34.4. The number of aryl methyl sites for hydroxylation is 2. The zero-order chi connectivity index (χ0) is 35.5. The molecule has 6 rings (SSSR count). The molecule has 258 valence electrons. The zero-order valence-electron chi connectivity index (χ0n) is 29.8. The minimum absolute atomic E-state index is 0.191. The van der Waals surface area contributed by atoms with Crippen LogP contribution in [0.15, 0.2) is 97.1 Å². The number of aromatic nitrogens is 8. The van der Waals surface area contributed by atoms with E-state index in [0.717, 1.165) is 34.2 Å². The standard InChI is InChI=1S/C38H44N10Se2/c1-25-9-13-27(14-10-25)33(35-41-43-45-47(35)37(3,4)5)39-29-17-21-31(22-18-29)49-50-32-23-19-30(20-24-32)40-34(28-15-11-26(2)12-16-28)36-42-44-46-48(36)38(6,7)8/h9-24,33-34,39-40H,1-8H3. The summed E-state index contributed by atoms with van der Waals surface area (Å²) < 4.78 is 6.54. The molecule has 0 radical (unpaired) electrons. The molecule has 0 spiro atoms. The Bertz CT molecular complexity index is 1840. The molecule has 2 heterocycles. The van der Waals surface area contributed by atoms with Gasteiger partial charge in [0.15, 0.2) is 0 Å². The van der Waals surface area contributed by atoms with Gasteiger partial charge in [0, 0.05) is 0 Å². The van der Waals surface area contributed by atoms with Crippen LogP contribution in [0.5, 0.6) is 0 Å². The predicted octanol–water partition coefficient (Wildman–Crippen LogP) is 5.46. The summed E-state index contributed by atoms with van der Waals surface area (Å²) in [7, 11) is 0. The van der Waals surface area contributed by atoms with Crippen molar-refractivity contribution in [1.29, 1.82) is 0 Å². The molecule has 10 nitrogen and oxygen atoms in total. The molecule has 6 aromatic rings. The topological polar surface area (TPSA) is 111 Å². The molecule has 0 bridgehead atoms. The van der Waals surface area contributed by atoms with Gasteiger partial charge in [0.05, 0.1) is 0 Å². The van der Waals surface area contributed by atoms with Crippen molar-refractivity contribution >= 4 is 46.6 Å². The van der Waals surface area contributed by atoms with Gasteiger partial charge in [0.2, 0.25) is 0 Å². The van der Waals surface area contributed by atoms with Crippen LogP contribution < -0.4 is 19.6 Å². The number of rotatable bonds is 11. The number of benzene rings is 4. The van der Waals surface area contributed by atoms with Crippen LogP contribution in [0.3, 0.4) is 0 Å². The predicted molar refractivity (Wildman–Crippen MR) is 203 cm³/mol. The van der Waals surface area contributed by atoms with Crippen molar-refractivity contribution in [3.63, 3.8) is 0 Å². The number of tetrazole rings is 2. The van der Waals surface area contributed by atoms with Crippen LogP contribution in [0.4, 0.5) is 11.4 Å². The Morgan fingerprint density at radius 2 is 0.840 bits per heavy atom. The number of hydrogen-bond acceptors (Lipinski definition) is 8. The fourth-order valence-electron chi connectivity index (χ4n) is 5.46. The van der Waals surface area contributed by atoms with E-state index in [1.54, 1.807) is 0 Å². The van der Waals surface area contributed by atoms with Crippen molar-refractivity contribution in [2.45, 2.75) is 78.6 Å². The van der Waals surface area contributed by atoms with Crippen LogP contribution >= 0.6 is 0 Å². The van der Waals surface area contributed by atoms with Crippen molar-refractivity contribution in [1.82, 2.24) is 40.4 Å². The monoisotopic (exact) mass is 800 g/mol. The van der Waals surface area contributed by atoms with E-state index in [9.17, 15) is 0 Å². The Morgan fingerprint density at radius 3 is 1.16 bits per heavy atom. The van der Waals surface area contributed by atoms with Crippen LogP contribution in [0, 0.1) is 13.8 Å². The quantitative estimate of drug-likeness (QED) is 0.167. The molecule has 0 aliphatic heterocycles. The summed E-state index contributed by atoms with van der Waals surface area (Å²) in [6.07, 6.45) is 0. The van der Waals surface area contributed by atoms with Crippen LogP contribution in [0.2, 0.25) is 0 Å². The average Bonchev–Trinajstić information content (AvgIpc) is 3.79. The van der Waals surface area contributed by atoms with Crippen LogP contribution in [0.25, 0.3) is 0 Å². The summed E-state index contributed by atoms with van der Waals surface area (Å²) in [5.74, 6) is 1.57. The van der Waals surface area contributed by atoms with E-state index < -0.39 is 0 Å². The molecule has 12 heteroatoms. The van der Waals surface area contributed by atoms with E-state index in [4.69, 9.17) is 0 Å². The van der Waals surface area contributed by atoms with Gasteiger partial charge in [-0.2, -0.15) is 0 Å². The Labute approximate surface area is 305 Å². The van der Waals surface area contributed by atoms with Crippen LogP contribution in [-0.4, -0.2) is 66.7 Å². The van der Waals surface area contributed by atoms with Gasteiger partial charge in [-0.3, -0.25) is 0 Å². The van der Waals surface area contributed by atoms with Crippen molar-refractivity contribution in [2.75, 3.05) is 10.6 Å². The Balaban J connectivity index is 1.13. The summed E-state index contributed by atoms with van der Waals surface area (Å²) in [4.78, 5) is 0. The first-order chi connectivity index (χ1) is 23.8. The SMILES string of the molecule is Cc1ccc(C(Nc2ccc([Se][Se]c3ccc(NC(c4ccc(C)cc4)c4nnnn4C(C)(C)C)cc3)cc2)c2nnnn2C(C)(C)C)cc1. The van der Waals surface area contributed by atoms with E-state index in [1.165, 1.54) is 20.1 Å². The van der Waals surface area contributed by atoms with E-state index in [0.29, 0.717) is 26.3 Å². The molecule has 0 saturated heterocycles. The summed E-state index contributed by atoms with van der Waals surface area (Å²) >= 11 is 0.679. The second-order valence-corrected chi connectivity index (χ2v) is 20.7. The van der Waals surface area contributed by atoms with Crippen molar-refractivity contribution in [3.05, 3.63) is 131 Å². The first kappa shape index (κ1) is 35.5. The van der Waals surface area contributed by atoms with E-state index >= 15 is 0 Å². The first-order valence-electron chi connectivity index (χ1n) is 16.6. The molecule has 0 aliphatic carbocycles. The maximum absolute atomic E-state index is 4.46. The average molecular weight is 799 g/mol. The Morgan fingerprint density at radius 1 is 0.500 bits per heavy atom. The zero-order valence-corrected chi connectivity index (χ0v) is 33.2. The van der Waals surface area contributed by atoms with Gasteiger partial charge in [-0.15, -0.1) is 0 Å². The van der Waals surface area contributed by atoms with E-state index in [2.05, 4.69) is 194 Å². The first-order valence-corrected chi connectivity index (χ1v) is 22.7. The molecule has 0 amide bonds. The van der Waals surface area contributed by atoms with Crippen molar-refractivity contribution in [3.8, 4) is 0 Å². The number of nitrogens with zero attached hydrogens (tertiary/aromatic N) is 8. The second kappa shape index (κ2) is 14.9. The number of hydrogen-bond donors (Lipinski definition) is 2. The third kappa shape index (κ3) is 8.50. The third-order valence-corrected chi connectivity index (χ3v) is 15.4. The molecule has 4 aromatic carbocycles. The van der Waals surface area contributed by atoms with E-state index in [-0.39, 0.29) is 23.2 Å². The van der Waals surface area contributed by atoms with Gasteiger partial charge in [-0.25, -0.2) is 0 Å². The Hall–Kier alpha value is -4.34. The van der Waals surface area contributed by atoms with Crippen molar-refractivity contribution < 1.29 is 0 Å². The van der Waals surface area contributed by atoms with E-state index in [1.807, 2.05) is 9.36 Å². The molecule has 2 aromatic heterocycles. The van der Waals surface area contributed by atoms with Gasteiger partial charge >= 0.3 is 307 Å². The van der Waals surface area contributed by atoms with Gasteiger partial charge in [-0.05, 0) is 0 Å². The van der Waals surface area contributed by atoms with Gasteiger partial charge in [0.25, 0.3) is 0 Å². The summed E-state index contributed by atoms with van der Waals surface area (Å²) in [6.45, 7) is 16.9. The second-order valence-electron chi connectivity index (χ2n) is 14.4. The molecule has 50 heavy (non-hydrogen) atoms. The fraction of sp³-hybridized carbons (Fsp3) is 0.316. The third-order valence-electron chi connectivity index (χ3n) is 8.16. The minimum atomic E-state index is -0.250. The normalized spacial score (nSPS) is 13.2. The Kier molecular flexibility index (Phi) is 10.6. The fourth-order valence-corrected chi connectivity index (χ4v) is 11.4. The molecule has 0 fully saturated rings. The van der Waals surface area contributed by atoms with Crippen LogP contribution in [0.1, 0.15) is 87.5 Å². The van der Waals surface area contributed by atoms with Gasteiger partial charge in [-0.1, -0.05) is 0 Å². The molecular formula is C38H44N10Se2. The maximum atomic E-state index is 4.46. The molecule has 0 saturated carbocycles. The van der Waals surface area contributed by atoms with Gasteiger partial charge < -0.3 is 0 Å². The molecular weight excluding hydrogens is 754 g/mol. The molecule has 2 unspecified atom stereocenters. The molecule has 0 aliphatic rings. The molecule has 2 atom stereocenters. The number of anilines is 2.